The molecule has 0 saturated heterocycles. The van der Waals surface area contributed by atoms with Crippen LogP contribution in [-0.2, 0) is 37.5 Å². The van der Waals surface area contributed by atoms with Gasteiger partial charge in [-0.3, -0.25) is 23.4 Å². The maximum absolute atomic E-state index is 12.7. The number of hydrogen-bond acceptors (Lipinski definition) is 10. The lowest BCUT2D eigenvalue weighted by atomic mass is 10.0. The van der Waals surface area contributed by atoms with Crippen LogP contribution in [0.1, 0.15) is 213 Å². The van der Waals surface area contributed by atoms with Gasteiger partial charge >= 0.3 is 25.7 Å². The second kappa shape index (κ2) is 44.6. The number of carbonyl (C=O) groups is 3. The highest BCUT2D eigenvalue weighted by molar-refractivity contribution is 7.47. The maximum Gasteiger partial charge on any atom is 0.472 e. The fourth-order valence-electron chi connectivity index (χ4n) is 6.72. The number of aliphatic hydroxyl groups excluding tert-OH is 1. The summed E-state index contributed by atoms with van der Waals surface area (Å²) in [4.78, 5) is 46.1. The van der Waals surface area contributed by atoms with Crippen molar-refractivity contribution in [1.29, 1.82) is 0 Å². The molecule has 0 rings (SSSR count). The minimum atomic E-state index is -4.74. The van der Waals surface area contributed by atoms with Crippen LogP contribution >= 0.6 is 7.82 Å². The van der Waals surface area contributed by atoms with Crippen LogP contribution in [0.2, 0.25) is 0 Å². The van der Waals surface area contributed by atoms with Crippen LogP contribution in [0.25, 0.3) is 0 Å². The molecule has 5 N–H and O–H groups in total. The summed E-state index contributed by atoms with van der Waals surface area (Å²) < 4.78 is 32.7. The van der Waals surface area contributed by atoms with Crippen molar-refractivity contribution in [2.75, 3.05) is 19.8 Å². The Balaban J connectivity index is 4.33. The molecule has 0 amide bonds. The van der Waals surface area contributed by atoms with Gasteiger partial charge in [0.05, 0.1) is 19.3 Å². The number of allylic oxidation sites excluding steroid dienone is 8. The number of phosphoric ester groups is 1. The summed E-state index contributed by atoms with van der Waals surface area (Å²) in [7, 11) is -4.74. The summed E-state index contributed by atoms with van der Waals surface area (Å²) in [5, 5.41) is 18.2. The molecule has 0 aliphatic heterocycles. The van der Waals surface area contributed by atoms with E-state index < -0.39 is 51.1 Å². The SMILES string of the molecule is CCCCCCCCCCCCCCCCCCCCCCCC(=O)O[C@H](COC(=O)CCC/C=C\C/C=C\C/C=C\C/C=C\CCC[C@@H](C)O)COP(=O)(O)OC[C@H](N)C(=O)O. The number of aliphatic hydroxyl groups is 1. The molecule has 63 heavy (non-hydrogen) atoms. The lowest BCUT2D eigenvalue weighted by molar-refractivity contribution is -0.161. The van der Waals surface area contributed by atoms with Gasteiger partial charge in [0.25, 0.3) is 0 Å². The highest BCUT2D eigenvalue weighted by atomic mass is 31.2. The van der Waals surface area contributed by atoms with Crippen LogP contribution in [0.5, 0.6) is 0 Å². The number of carboxylic acids is 1. The second-order valence-corrected chi connectivity index (χ2v) is 18.3. The first kappa shape index (κ1) is 60.4. The number of esters is 2. The van der Waals surface area contributed by atoms with Crippen LogP contribution in [0.3, 0.4) is 0 Å². The molecule has 0 radical (unpaired) electrons. The molecular formula is C50H90NO11P. The standard InChI is InChI=1S/C50H90NO11P/c1-3-4-5-6-7-8-9-10-11-12-13-14-15-16-19-23-26-29-32-35-38-41-49(54)62-46(43-60-63(57,58)61-44-47(51)50(55)56)42-59-48(53)40-37-34-31-28-25-22-20-17-18-21-24-27-30-33-36-39-45(2)52/h18,20-22,27-28,30-31,45-47,52H,3-17,19,23-26,29,32-44,51H2,1-2H3,(H,55,56)(H,57,58)/b21-18-,22-20-,30-27-,31-28-/t45-,46-,47+/m1/s1. The zero-order valence-electron chi connectivity index (χ0n) is 39.5. The number of phosphoric acid groups is 1. The van der Waals surface area contributed by atoms with E-state index in [2.05, 4.69) is 47.9 Å². The summed E-state index contributed by atoms with van der Waals surface area (Å²) in [6, 6.07) is -1.53. The predicted octanol–water partition coefficient (Wildman–Crippen LogP) is 12.7. The lowest BCUT2D eigenvalue weighted by Crippen LogP contribution is -2.34. The van der Waals surface area contributed by atoms with E-state index in [0.717, 1.165) is 57.8 Å². The van der Waals surface area contributed by atoms with E-state index in [1.165, 1.54) is 109 Å². The summed E-state index contributed by atoms with van der Waals surface area (Å²) in [6.45, 7) is 2.32. The number of hydrogen-bond donors (Lipinski definition) is 4. The highest BCUT2D eigenvalue weighted by Gasteiger charge is 2.28. The molecule has 0 aromatic carbocycles. The van der Waals surface area contributed by atoms with Gasteiger partial charge in [-0.2, -0.15) is 0 Å². The topological polar surface area (TPSA) is 192 Å². The van der Waals surface area contributed by atoms with E-state index in [9.17, 15) is 28.9 Å². The Hall–Kier alpha value is -2.60. The van der Waals surface area contributed by atoms with Crippen LogP contribution < -0.4 is 5.73 Å². The Kier molecular flexibility index (Phi) is 42.8. The quantitative estimate of drug-likeness (QED) is 0.0196. The van der Waals surface area contributed by atoms with Gasteiger partial charge in [-0.1, -0.05) is 184 Å². The van der Waals surface area contributed by atoms with Crippen molar-refractivity contribution in [1.82, 2.24) is 0 Å². The lowest BCUT2D eigenvalue weighted by Gasteiger charge is -2.20. The van der Waals surface area contributed by atoms with E-state index >= 15 is 0 Å². The van der Waals surface area contributed by atoms with Crippen molar-refractivity contribution in [2.45, 2.75) is 231 Å². The Morgan fingerprint density at radius 2 is 0.952 bits per heavy atom. The van der Waals surface area contributed by atoms with E-state index in [1.54, 1.807) is 0 Å². The molecule has 13 heteroatoms. The van der Waals surface area contributed by atoms with E-state index in [0.29, 0.717) is 19.3 Å². The van der Waals surface area contributed by atoms with Crippen molar-refractivity contribution in [3.63, 3.8) is 0 Å². The first-order valence-corrected chi connectivity index (χ1v) is 26.2. The summed E-state index contributed by atoms with van der Waals surface area (Å²) in [6.07, 6.45) is 48.9. The second-order valence-electron chi connectivity index (χ2n) is 16.9. The molecule has 0 aromatic rings. The Labute approximate surface area is 382 Å². The van der Waals surface area contributed by atoms with Crippen LogP contribution in [0.15, 0.2) is 48.6 Å². The first-order chi connectivity index (χ1) is 30.5. The molecular weight excluding hydrogens is 822 g/mol. The van der Waals surface area contributed by atoms with Crippen molar-refractivity contribution in [2.24, 2.45) is 5.73 Å². The van der Waals surface area contributed by atoms with E-state index in [4.69, 9.17) is 24.8 Å². The Bertz CT molecular complexity index is 1270. The number of rotatable bonds is 46. The zero-order valence-corrected chi connectivity index (χ0v) is 40.4. The highest BCUT2D eigenvalue weighted by Crippen LogP contribution is 2.43. The van der Waals surface area contributed by atoms with Gasteiger partial charge in [0.15, 0.2) is 6.10 Å². The minimum absolute atomic E-state index is 0.135. The van der Waals surface area contributed by atoms with Crippen molar-refractivity contribution in [3.05, 3.63) is 48.6 Å². The number of carbonyl (C=O) groups excluding carboxylic acids is 2. The fraction of sp³-hybridized carbons (Fsp3) is 0.780. The van der Waals surface area contributed by atoms with E-state index in [1.807, 2.05) is 19.1 Å². The van der Waals surface area contributed by atoms with Crippen LogP contribution in [0.4, 0.5) is 0 Å². The number of ether oxygens (including phenoxy) is 2. The average Bonchev–Trinajstić information content (AvgIpc) is 3.25. The van der Waals surface area contributed by atoms with Gasteiger partial charge in [0.2, 0.25) is 0 Å². The van der Waals surface area contributed by atoms with Gasteiger partial charge in [-0.25, -0.2) is 4.57 Å². The van der Waals surface area contributed by atoms with E-state index in [-0.39, 0.29) is 25.6 Å². The minimum Gasteiger partial charge on any atom is -0.480 e. The van der Waals surface area contributed by atoms with Crippen molar-refractivity contribution < 1.29 is 52.6 Å². The normalized spacial score (nSPS) is 14.5. The monoisotopic (exact) mass is 912 g/mol. The summed E-state index contributed by atoms with van der Waals surface area (Å²) in [5.41, 5.74) is 5.34. The first-order valence-electron chi connectivity index (χ1n) is 24.7. The Morgan fingerprint density at radius 1 is 0.556 bits per heavy atom. The summed E-state index contributed by atoms with van der Waals surface area (Å²) >= 11 is 0. The number of aliphatic carboxylic acids is 1. The molecule has 0 spiro atoms. The third-order valence-corrected chi connectivity index (χ3v) is 11.5. The van der Waals surface area contributed by atoms with Crippen LogP contribution in [-0.4, -0.2) is 71.1 Å². The molecule has 366 valence electrons. The molecule has 0 fully saturated rings. The van der Waals surface area contributed by atoms with Crippen molar-refractivity contribution in [3.8, 4) is 0 Å². The van der Waals surface area contributed by atoms with Gasteiger partial charge in [0, 0.05) is 12.8 Å². The molecule has 0 aromatic heterocycles. The number of carboxylic acid groups (broad SMARTS) is 1. The Morgan fingerprint density at radius 3 is 1.40 bits per heavy atom. The summed E-state index contributed by atoms with van der Waals surface area (Å²) in [5.74, 6) is -2.46. The molecule has 0 aliphatic rings. The number of unbranched alkanes of at least 4 members (excludes halogenated alkanes) is 22. The van der Waals surface area contributed by atoms with Gasteiger partial charge < -0.3 is 30.3 Å². The van der Waals surface area contributed by atoms with Gasteiger partial charge in [-0.05, 0) is 64.7 Å². The van der Waals surface area contributed by atoms with Gasteiger partial charge in [-0.15, -0.1) is 0 Å². The molecule has 1 unspecified atom stereocenters. The molecule has 0 saturated carbocycles. The van der Waals surface area contributed by atoms with Crippen molar-refractivity contribution >= 4 is 25.7 Å². The predicted molar refractivity (Wildman–Crippen MR) is 255 cm³/mol. The molecule has 0 aliphatic carbocycles. The zero-order chi connectivity index (χ0) is 46.5. The van der Waals surface area contributed by atoms with Gasteiger partial charge in [0.1, 0.15) is 12.6 Å². The average molecular weight is 912 g/mol. The third-order valence-electron chi connectivity index (χ3n) is 10.6. The molecule has 0 bridgehead atoms. The third kappa shape index (κ3) is 45.8. The smallest absolute Gasteiger partial charge is 0.472 e. The largest absolute Gasteiger partial charge is 0.480 e. The molecule has 0 heterocycles. The molecule has 12 nitrogen and oxygen atoms in total. The van der Waals surface area contributed by atoms with Crippen LogP contribution in [0, 0.1) is 0 Å². The fourth-order valence-corrected chi connectivity index (χ4v) is 7.50. The maximum atomic E-state index is 12.7. The molecule has 4 atom stereocenters. The number of nitrogens with two attached hydrogens (primary N) is 1.